The minimum Gasteiger partial charge on any atom is -0.396 e. The molecule has 0 bridgehead atoms. The van der Waals surface area contributed by atoms with Crippen molar-refractivity contribution in [3.05, 3.63) is 35.9 Å². The van der Waals surface area contributed by atoms with Gasteiger partial charge in [-0.25, -0.2) is 0 Å². The predicted octanol–water partition coefficient (Wildman–Crippen LogP) is 2.22. The summed E-state index contributed by atoms with van der Waals surface area (Å²) in [5, 5.41) is 16.3. The molecule has 0 amide bonds. The Hall–Kier alpha value is -0.900. The maximum Gasteiger partial charge on any atom is 0.191 e. The zero-order valence-corrected chi connectivity index (χ0v) is 19.2. The topological polar surface area (TPSA) is 69.1 Å². The van der Waals surface area contributed by atoms with E-state index in [1.54, 1.807) is 0 Å². The third-order valence-corrected chi connectivity index (χ3v) is 5.91. The predicted molar refractivity (Wildman–Crippen MR) is 124 cm³/mol. The third kappa shape index (κ3) is 6.57. The normalized spacial score (nSPS) is 25.5. The Morgan fingerprint density at radius 2 is 2.14 bits per heavy atom. The Labute approximate surface area is 186 Å². The quantitative estimate of drug-likeness (QED) is 0.289. The van der Waals surface area contributed by atoms with Crippen molar-refractivity contribution in [2.24, 2.45) is 10.4 Å². The Morgan fingerprint density at radius 1 is 1.32 bits per heavy atom. The molecule has 0 aromatic heterocycles. The number of guanidine groups is 1. The molecule has 158 valence electrons. The molecular formula is C21H35IN4O2. The fourth-order valence-electron chi connectivity index (χ4n) is 4.17. The Kier molecular flexibility index (Phi) is 9.98. The van der Waals surface area contributed by atoms with Gasteiger partial charge < -0.3 is 20.5 Å². The van der Waals surface area contributed by atoms with E-state index in [0.717, 1.165) is 51.6 Å². The lowest BCUT2D eigenvalue weighted by Crippen LogP contribution is -2.48. The van der Waals surface area contributed by atoms with Crippen LogP contribution in [0.4, 0.5) is 0 Å². The smallest absolute Gasteiger partial charge is 0.191 e. The zero-order valence-electron chi connectivity index (χ0n) is 16.9. The summed E-state index contributed by atoms with van der Waals surface area (Å²) in [6, 6.07) is 11.2. The molecule has 3 rings (SSSR count). The van der Waals surface area contributed by atoms with E-state index in [0.29, 0.717) is 12.6 Å². The summed E-state index contributed by atoms with van der Waals surface area (Å²) in [6.07, 6.45) is 4.23. The molecule has 2 heterocycles. The van der Waals surface area contributed by atoms with Crippen LogP contribution in [0.15, 0.2) is 35.3 Å². The summed E-state index contributed by atoms with van der Waals surface area (Å²) in [4.78, 5) is 6.95. The van der Waals surface area contributed by atoms with Gasteiger partial charge in [0.05, 0.1) is 6.61 Å². The number of benzene rings is 1. The molecule has 1 aromatic carbocycles. The standard InChI is InChI=1S/C21H34N4O2.HI/c1-22-20(24-16-21(9-12-26)10-13-27-17-21)23-14-19-8-5-11-25(19)15-18-6-3-2-4-7-18;/h2-4,6-7,19,26H,5,8-17H2,1H3,(H2,22,23,24);1H. The van der Waals surface area contributed by atoms with Crippen LogP contribution in [0.25, 0.3) is 0 Å². The third-order valence-electron chi connectivity index (χ3n) is 5.91. The van der Waals surface area contributed by atoms with Gasteiger partial charge in [0.15, 0.2) is 5.96 Å². The fraction of sp³-hybridized carbons (Fsp3) is 0.667. The van der Waals surface area contributed by atoms with Gasteiger partial charge in [0.2, 0.25) is 0 Å². The average Bonchev–Trinajstić information content (AvgIpc) is 3.33. The first-order chi connectivity index (χ1) is 13.2. The highest BCUT2D eigenvalue weighted by Gasteiger charge is 2.34. The van der Waals surface area contributed by atoms with Crippen molar-refractivity contribution in [2.45, 2.75) is 38.3 Å². The van der Waals surface area contributed by atoms with Crippen molar-refractivity contribution in [1.82, 2.24) is 15.5 Å². The zero-order chi connectivity index (χ0) is 19.0. The van der Waals surface area contributed by atoms with Crippen LogP contribution in [-0.2, 0) is 11.3 Å². The Bertz CT molecular complexity index is 593. The fourth-order valence-corrected chi connectivity index (χ4v) is 4.17. The number of hydrogen-bond acceptors (Lipinski definition) is 4. The van der Waals surface area contributed by atoms with Gasteiger partial charge in [-0.3, -0.25) is 9.89 Å². The lowest BCUT2D eigenvalue weighted by Gasteiger charge is -2.29. The van der Waals surface area contributed by atoms with Crippen LogP contribution in [0, 0.1) is 5.41 Å². The number of nitrogens with one attached hydrogen (secondary N) is 2. The molecule has 6 nitrogen and oxygen atoms in total. The van der Waals surface area contributed by atoms with Crippen LogP contribution < -0.4 is 10.6 Å². The lowest BCUT2D eigenvalue weighted by molar-refractivity contribution is 0.127. The van der Waals surface area contributed by atoms with Crippen LogP contribution in [-0.4, -0.2) is 68.5 Å². The van der Waals surface area contributed by atoms with Crippen LogP contribution in [0.1, 0.15) is 31.2 Å². The molecule has 0 spiro atoms. The molecular weight excluding hydrogens is 467 g/mol. The van der Waals surface area contributed by atoms with Gasteiger partial charge in [-0.15, -0.1) is 24.0 Å². The minimum atomic E-state index is 0. The van der Waals surface area contributed by atoms with Crippen LogP contribution in [0.3, 0.4) is 0 Å². The van der Waals surface area contributed by atoms with Crippen molar-refractivity contribution in [1.29, 1.82) is 0 Å². The molecule has 1 aromatic rings. The second kappa shape index (κ2) is 11.9. The highest BCUT2D eigenvalue weighted by atomic mass is 127. The van der Waals surface area contributed by atoms with E-state index in [2.05, 4.69) is 50.9 Å². The monoisotopic (exact) mass is 502 g/mol. The molecule has 2 fully saturated rings. The largest absolute Gasteiger partial charge is 0.396 e. The summed E-state index contributed by atoms with van der Waals surface area (Å²) in [5.74, 6) is 0.839. The number of ether oxygens (including phenoxy) is 1. The number of aliphatic imine (C=N–C) groups is 1. The maximum absolute atomic E-state index is 9.38. The molecule has 0 saturated carbocycles. The van der Waals surface area contributed by atoms with Crippen LogP contribution >= 0.6 is 24.0 Å². The number of likely N-dealkylation sites (tertiary alicyclic amines) is 1. The van der Waals surface area contributed by atoms with E-state index < -0.39 is 0 Å². The first-order valence-corrected chi connectivity index (χ1v) is 10.2. The Morgan fingerprint density at radius 3 is 2.82 bits per heavy atom. The summed E-state index contributed by atoms with van der Waals surface area (Å²) < 4.78 is 5.57. The summed E-state index contributed by atoms with van der Waals surface area (Å²) in [5.41, 5.74) is 1.40. The van der Waals surface area contributed by atoms with Gasteiger partial charge in [-0.1, -0.05) is 30.3 Å². The number of nitrogens with zero attached hydrogens (tertiary/aromatic N) is 2. The van der Waals surface area contributed by atoms with Crippen molar-refractivity contribution >= 4 is 29.9 Å². The molecule has 3 N–H and O–H groups in total. The van der Waals surface area contributed by atoms with Crippen LogP contribution in [0.2, 0.25) is 0 Å². The average molecular weight is 502 g/mol. The van der Waals surface area contributed by atoms with E-state index in [-0.39, 0.29) is 36.0 Å². The molecule has 2 aliphatic rings. The molecule has 2 unspecified atom stereocenters. The van der Waals surface area contributed by atoms with Gasteiger partial charge in [0.1, 0.15) is 0 Å². The maximum atomic E-state index is 9.38. The van der Waals surface area contributed by atoms with Crippen LogP contribution in [0.5, 0.6) is 0 Å². The first kappa shape index (κ1) is 23.4. The number of rotatable bonds is 8. The molecule has 28 heavy (non-hydrogen) atoms. The van der Waals surface area contributed by atoms with Gasteiger partial charge in [-0.05, 0) is 37.8 Å². The van der Waals surface area contributed by atoms with E-state index in [4.69, 9.17) is 4.74 Å². The Balaban J connectivity index is 0.00000280. The molecule has 2 aliphatic heterocycles. The number of hydrogen-bond donors (Lipinski definition) is 3. The summed E-state index contributed by atoms with van der Waals surface area (Å²) in [6.45, 7) is 5.55. The molecule has 2 saturated heterocycles. The molecule has 0 radical (unpaired) electrons. The van der Waals surface area contributed by atoms with E-state index in [1.807, 2.05) is 7.05 Å². The van der Waals surface area contributed by atoms with Crippen molar-refractivity contribution in [3.63, 3.8) is 0 Å². The van der Waals surface area contributed by atoms with Crippen molar-refractivity contribution < 1.29 is 9.84 Å². The second-order valence-corrected chi connectivity index (χ2v) is 7.83. The molecule has 2 atom stereocenters. The van der Waals surface area contributed by atoms with E-state index >= 15 is 0 Å². The SMILES string of the molecule is CN=C(NCC1CCCN1Cc1ccccc1)NCC1(CCO)CCOC1.I. The van der Waals surface area contributed by atoms with Crippen molar-refractivity contribution in [3.8, 4) is 0 Å². The van der Waals surface area contributed by atoms with Gasteiger partial charge >= 0.3 is 0 Å². The first-order valence-electron chi connectivity index (χ1n) is 10.2. The molecule has 0 aliphatic carbocycles. The van der Waals surface area contributed by atoms with E-state index in [9.17, 15) is 5.11 Å². The summed E-state index contributed by atoms with van der Waals surface area (Å²) in [7, 11) is 1.82. The lowest BCUT2D eigenvalue weighted by atomic mass is 9.84. The highest BCUT2D eigenvalue weighted by molar-refractivity contribution is 14.0. The van der Waals surface area contributed by atoms with E-state index in [1.165, 1.54) is 18.4 Å². The molecule has 7 heteroatoms. The summed E-state index contributed by atoms with van der Waals surface area (Å²) >= 11 is 0. The number of halogens is 1. The van der Waals surface area contributed by atoms with Gasteiger partial charge in [-0.2, -0.15) is 0 Å². The minimum absolute atomic E-state index is 0. The van der Waals surface area contributed by atoms with Gasteiger partial charge in [0.25, 0.3) is 0 Å². The van der Waals surface area contributed by atoms with Crippen molar-refractivity contribution in [2.75, 3.05) is 46.5 Å². The number of aliphatic hydroxyl groups excluding tert-OH is 1. The number of aliphatic hydroxyl groups is 1. The second-order valence-electron chi connectivity index (χ2n) is 7.83. The van der Waals surface area contributed by atoms with Gasteiger partial charge in [0, 0.05) is 51.4 Å². The highest BCUT2D eigenvalue weighted by Crippen LogP contribution is 2.31.